The van der Waals surface area contributed by atoms with E-state index >= 15 is 0 Å². The molecule has 1 aromatic rings. The standard InChI is InChI=1S/C11H19N3O2S/c1-15-7-5-12-8-10-13-14-11(17-10)16-6-4-9-2-3-9/h9,12H,2-8H2,1H3. The van der Waals surface area contributed by atoms with E-state index < -0.39 is 0 Å². The van der Waals surface area contributed by atoms with E-state index in [2.05, 4.69) is 15.5 Å². The molecule has 1 aliphatic rings. The summed E-state index contributed by atoms with van der Waals surface area (Å²) in [6.45, 7) is 3.04. The Kier molecular flexibility index (Phi) is 5.15. The fourth-order valence-corrected chi connectivity index (χ4v) is 2.14. The molecule has 1 N–H and O–H groups in total. The molecule has 1 aliphatic carbocycles. The van der Waals surface area contributed by atoms with Crippen LogP contribution in [0.25, 0.3) is 0 Å². The molecule has 0 amide bonds. The van der Waals surface area contributed by atoms with Crippen molar-refractivity contribution in [3.8, 4) is 5.19 Å². The van der Waals surface area contributed by atoms with Crippen LogP contribution in [0, 0.1) is 5.92 Å². The molecule has 0 bridgehead atoms. The van der Waals surface area contributed by atoms with E-state index in [1.165, 1.54) is 24.2 Å². The van der Waals surface area contributed by atoms with Crippen molar-refractivity contribution in [3.05, 3.63) is 5.01 Å². The van der Waals surface area contributed by atoms with Crippen molar-refractivity contribution in [3.63, 3.8) is 0 Å². The highest BCUT2D eigenvalue weighted by atomic mass is 32.1. The Labute approximate surface area is 106 Å². The maximum atomic E-state index is 5.56. The molecule has 0 saturated heterocycles. The molecule has 5 nitrogen and oxygen atoms in total. The molecule has 0 aliphatic heterocycles. The minimum atomic E-state index is 0.689. The zero-order valence-electron chi connectivity index (χ0n) is 10.1. The Bertz CT molecular complexity index is 328. The molecule has 1 fully saturated rings. The highest BCUT2D eigenvalue weighted by molar-refractivity contribution is 7.13. The fourth-order valence-electron chi connectivity index (χ4n) is 1.46. The average molecular weight is 257 g/mol. The van der Waals surface area contributed by atoms with Crippen LogP contribution in [0.3, 0.4) is 0 Å². The van der Waals surface area contributed by atoms with E-state index in [0.717, 1.165) is 37.0 Å². The van der Waals surface area contributed by atoms with Gasteiger partial charge in [0, 0.05) is 20.2 Å². The zero-order valence-corrected chi connectivity index (χ0v) is 11.0. The van der Waals surface area contributed by atoms with Gasteiger partial charge in [-0.2, -0.15) is 0 Å². The molecule has 0 spiro atoms. The van der Waals surface area contributed by atoms with Gasteiger partial charge in [-0.3, -0.25) is 0 Å². The van der Waals surface area contributed by atoms with Crippen LogP contribution in [0.15, 0.2) is 0 Å². The van der Waals surface area contributed by atoms with Gasteiger partial charge in [0.25, 0.3) is 5.19 Å². The van der Waals surface area contributed by atoms with Crippen molar-refractivity contribution in [2.24, 2.45) is 5.92 Å². The molecule has 2 rings (SSSR count). The highest BCUT2D eigenvalue weighted by Gasteiger charge is 2.20. The minimum absolute atomic E-state index is 0.689. The third-order valence-corrected chi connectivity index (χ3v) is 3.49. The van der Waals surface area contributed by atoms with Gasteiger partial charge in [-0.05, 0) is 12.3 Å². The van der Waals surface area contributed by atoms with E-state index in [1.54, 1.807) is 7.11 Å². The zero-order chi connectivity index (χ0) is 11.9. The lowest BCUT2D eigenvalue weighted by Gasteiger charge is -2.00. The van der Waals surface area contributed by atoms with Crippen molar-refractivity contribution >= 4 is 11.3 Å². The second-order valence-electron chi connectivity index (χ2n) is 4.21. The summed E-state index contributed by atoms with van der Waals surface area (Å²) in [7, 11) is 1.69. The van der Waals surface area contributed by atoms with Crippen LogP contribution in [0.4, 0.5) is 0 Å². The van der Waals surface area contributed by atoms with E-state index in [4.69, 9.17) is 9.47 Å². The monoisotopic (exact) mass is 257 g/mol. The van der Waals surface area contributed by atoms with Gasteiger partial charge in [0.15, 0.2) is 0 Å². The van der Waals surface area contributed by atoms with Crippen molar-refractivity contribution in [1.29, 1.82) is 0 Å². The summed E-state index contributed by atoms with van der Waals surface area (Å²) >= 11 is 1.52. The number of rotatable bonds is 9. The summed E-state index contributed by atoms with van der Waals surface area (Å²) < 4.78 is 10.5. The second-order valence-corrected chi connectivity index (χ2v) is 5.24. The molecule has 1 aromatic heterocycles. The second kappa shape index (κ2) is 6.88. The highest BCUT2D eigenvalue weighted by Crippen LogP contribution is 2.32. The Morgan fingerprint density at radius 2 is 2.24 bits per heavy atom. The maximum absolute atomic E-state index is 5.56. The van der Waals surface area contributed by atoms with Gasteiger partial charge in [0.1, 0.15) is 5.01 Å². The van der Waals surface area contributed by atoms with Crippen LogP contribution in [-0.4, -0.2) is 37.1 Å². The van der Waals surface area contributed by atoms with Crippen LogP contribution in [0.2, 0.25) is 0 Å². The van der Waals surface area contributed by atoms with E-state index in [0.29, 0.717) is 11.8 Å². The maximum Gasteiger partial charge on any atom is 0.294 e. The summed E-state index contributed by atoms with van der Waals surface area (Å²) in [5.74, 6) is 0.901. The van der Waals surface area contributed by atoms with Gasteiger partial charge in [-0.1, -0.05) is 24.2 Å². The van der Waals surface area contributed by atoms with Crippen molar-refractivity contribution < 1.29 is 9.47 Å². The SMILES string of the molecule is COCCNCc1nnc(OCCC2CC2)s1. The third-order valence-electron chi connectivity index (χ3n) is 2.66. The molecule has 96 valence electrons. The van der Waals surface area contributed by atoms with Crippen LogP contribution in [0.5, 0.6) is 5.19 Å². The first-order chi connectivity index (χ1) is 8.38. The van der Waals surface area contributed by atoms with Crippen LogP contribution < -0.4 is 10.1 Å². The molecular weight excluding hydrogens is 238 g/mol. The predicted molar refractivity (Wildman–Crippen MR) is 66.3 cm³/mol. The number of nitrogens with zero attached hydrogens (tertiary/aromatic N) is 2. The Morgan fingerprint density at radius 1 is 1.35 bits per heavy atom. The molecule has 0 aromatic carbocycles. The largest absolute Gasteiger partial charge is 0.469 e. The van der Waals surface area contributed by atoms with Crippen molar-refractivity contribution in [2.45, 2.75) is 25.8 Å². The van der Waals surface area contributed by atoms with Gasteiger partial charge >= 0.3 is 0 Å². The normalized spacial score (nSPS) is 15.1. The lowest BCUT2D eigenvalue weighted by Crippen LogP contribution is -2.18. The smallest absolute Gasteiger partial charge is 0.294 e. The Hall–Kier alpha value is -0.720. The van der Waals surface area contributed by atoms with Gasteiger partial charge in [-0.15, -0.1) is 10.2 Å². The number of ether oxygens (including phenoxy) is 2. The summed E-state index contributed by atoms with van der Waals surface area (Å²) in [5, 5.41) is 13.0. The van der Waals surface area contributed by atoms with E-state index in [9.17, 15) is 0 Å². The summed E-state index contributed by atoms with van der Waals surface area (Å²) in [6.07, 6.45) is 3.89. The molecular formula is C11H19N3O2S. The van der Waals surface area contributed by atoms with Crippen LogP contribution >= 0.6 is 11.3 Å². The molecule has 17 heavy (non-hydrogen) atoms. The van der Waals surface area contributed by atoms with Gasteiger partial charge in [-0.25, -0.2) is 0 Å². The summed E-state index contributed by atoms with van der Waals surface area (Å²) in [5.41, 5.74) is 0. The average Bonchev–Trinajstić information content (AvgIpc) is 3.04. The summed E-state index contributed by atoms with van der Waals surface area (Å²) in [6, 6.07) is 0. The Morgan fingerprint density at radius 3 is 3.00 bits per heavy atom. The van der Waals surface area contributed by atoms with Gasteiger partial charge in [0.2, 0.25) is 0 Å². The van der Waals surface area contributed by atoms with Crippen molar-refractivity contribution in [2.75, 3.05) is 26.9 Å². The van der Waals surface area contributed by atoms with Crippen LogP contribution in [-0.2, 0) is 11.3 Å². The third kappa shape index (κ3) is 4.97. The van der Waals surface area contributed by atoms with Crippen molar-refractivity contribution in [1.82, 2.24) is 15.5 Å². The summed E-state index contributed by atoms with van der Waals surface area (Å²) in [4.78, 5) is 0. The van der Waals surface area contributed by atoms with E-state index in [-0.39, 0.29) is 0 Å². The number of hydrogen-bond donors (Lipinski definition) is 1. The quantitative estimate of drug-likeness (QED) is 0.679. The lowest BCUT2D eigenvalue weighted by atomic mass is 10.3. The number of aromatic nitrogens is 2. The van der Waals surface area contributed by atoms with Crippen LogP contribution in [0.1, 0.15) is 24.3 Å². The van der Waals surface area contributed by atoms with Gasteiger partial charge in [0.05, 0.1) is 13.2 Å². The molecule has 0 radical (unpaired) electrons. The number of nitrogens with one attached hydrogen (secondary N) is 1. The topological polar surface area (TPSA) is 56.3 Å². The predicted octanol–water partition coefficient (Wildman–Crippen LogP) is 1.45. The Balaban J connectivity index is 1.60. The number of methoxy groups -OCH3 is 1. The molecule has 1 saturated carbocycles. The first-order valence-electron chi connectivity index (χ1n) is 6.03. The minimum Gasteiger partial charge on any atom is -0.469 e. The fraction of sp³-hybridized carbons (Fsp3) is 0.818. The molecule has 0 atom stereocenters. The first kappa shape index (κ1) is 12.7. The number of hydrogen-bond acceptors (Lipinski definition) is 6. The molecule has 0 unspecified atom stereocenters. The molecule has 1 heterocycles. The van der Waals surface area contributed by atoms with Gasteiger partial charge < -0.3 is 14.8 Å². The first-order valence-corrected chi connectivity index (χ1v) is 6.85. The van der Waals surface area contributed by atoms with E-state index in [1.807, 2.05) is 0 Å². The lowest BCUT2D eigenvalue weighted by molar-refractivity contribution is 0.199. The molecule has 6 heteroatoms.